The summed E-state index contributed by atoms with van der Waals surface area (Å²) in [5.74, 6) is 0.656. The molecule has 3 heteroatoms. The molecule has 0 aliphatic carbocycles. The van der Waals surface area contributed by atoms with Gasteiger partial charge in [-0.25, -0.2) is 0 Å². The molecule has 0 fully saturated rings. The van der Waals surface area contributed by atoms with E-state index in [-0.39, 0.29) is 0 Å². The smallest absolute Gasteiger partial charge is 0.0600 e. The molecule has 108 valence electrons. The van der Waals surface area contributed by atoms with Crippen molar-refractivity contribution >= 4 is 5.69 Å². The van der Waals surface area contributed by atoms with Crippen LogP contribution in [0.15, 0.2) is 18.5 Å². The van der Waals surface area contributed by atoms with E-state index >= 15 is 0 Å². The second-order valence-electron chi connectivity index (χ2n) is 5.55. The third-order valence-electron chi connectivity index (χ3n) is 3.51. The van der Waals surface area contributed by atoms with Crippen LogP contribution >= 0.6 is 0 Å². The third kappa shape index (κ3) is 4.50. The Kier molecular flexibility index (Phi) is 6.85. The first-order chi connectivity index (χ1) is 9.13. The van der Waals surface area contributed by atoms with Crippen LogP contribution < -0.4 is 10.2 Å². The number of anilines is 1. The van der Waals surface area contributed by atoms with E-state index in [9.17, 15) is 0 Å². The van der Waals surface area contributed by atoms with Gasteiger partial charge in [0.2, 0.25) is 0 Å². The molecule has 0 atom stereocenters. The maximum Gasteiger partial charge on any atom is 0.0600 e. The number of hydrogen-bond acceptors (Lipinski definition) is 3. The van der Waals surface area contributed by atoms with E-state index in [1.165, 1.54) is 24.1 Å². The highest BCUT2D eigenvalue weighted by atomic mass is 15.2. The molecule has 1 aromatic heterocycles. The van der Waals surface area contributed by atoms with E-state index in [1.54, 1.807) is 0 Å². The number of rotatable bonds is 8. The number of aromatic nitrogens is 1. The summed E-state index contributed by atoms with van der Waals surface area (Å²) in [6.45, 7) is 11.1. The number of nitrogens with one attached hydrogen (secondary N) is 1. The van der Waals surface area contributed by atoms with Crippen LogP contribution in [0.3, 0.4) is 0 Å². The fourth-order valence-corrected chi connectivity index (χ4v) is 2.58. The maximum absolute atomic E-state index is 4.34. The van der Waals surface area contributed by atoms with Gasteiger partial charge in [0.1, 0.15) is 0 Å². The summed E-state index contributed by atoms with van der Waals surface area (Å²) < 4.78 is 0. The Morgan fingerprint density at radius 3 is 2.47 bits per heavy atom. The van der Waals surface area contributed by atoms with Crippen LogP contribution in [-0.2, 0) is 6.54 Å². The Bertz CT molecular complexity index is 359. The van der Waals surface area contributed by atoms with Crippen molar-refractivity contribution in [3.05, 3.63) is 24.0 Å². The van der Waals surface area contributed by atoms with Gasteiger partial charge in [-0.1, -0.05) is 27.7 Å². The van der Waals surface area contributed by atoms with E-state index in [4.69, 9.17) is 0 Å². The van der Waals surface area contributed by atoms with Crippen molar-refractivity contribution in [2.75, 3.05) is 18.5 Å². The van der Waals surface area contributed by atoms with Gasteiger partial charge in [0, 0.05) is 25.3 Å². The molecular weight excluding hydrogens is 234 g/mol. The molecule has 0 amide bonds. The molecular formula is C16H29N3. The molecule has 1 aromatic rings. The molecule has 0 radical (unpaired) electrons. The van der Waals surface area contributed by atoms with E-state index < -0.39 is 0 Å². The fourth-order valence-electron chi connectivity index (χ4n) is 2.58. The second-order valence-corrected chi connectivity index (χ2v) is 5.55. The summed E-state index contributed by atoms with van der Waals surface area (Å²) in [7, 11) is 1.99. The lowest BCUT2D eigenvalue weighted by Crippen LogP contribution is -2.38. The summed E-state index contributed by atoms with van der Waals surface area (Å²) in [5, 5.41) is 3.25. The first-order valence-electron chi connectivity index (χ1n) is 7.48. The molecule has 0 aliphatic rings. The molecule has 0 aromatic carbocycles. The molecule has 1 N–H and O–H groups in total. The van der Waals surface area contributed by atoms with Crippen molar-refractivity contribution in [1.29, 1.82) is 0 Å². The van der Waals surface area contributed by atoms with Crippen LogP contribution in [0.1, 0.15) is 46.1 Å². The number of pyridine rings is 1. The Balaban J connectivity index is 3.08. The molecule has 0 bridgehead atoms. The normalized spacial score (nSPS) is 11.3. The van der Waals surface area contributed by atoms with Crippen molar-refractivity contribution in [2.24, 2.45) is 5.92 Å². The lowest BCUT2D eigenvalue weighted by molar-refractivity contribution is 0.505. The molecule has 0 saturated heterocycles. The van der Waals surface area contributed by atoms with Crippen LogP contribution in [0.4, 0.5) is 5.69 Å². The van der Waals surface area contributed by atoms with Crippen LogP contribution in [0, 0.1) is 5.92 Å². The van der Waals surface area contributed by atoms with Crippen molar-refractivity contribution in [1.82, 2.24) is 10.3 Å². The summed E-state index contributed by atoms with van der Waals surface area (Å²) in [6, 6.07) is 2.73. The average Bonchev–Trinajstić information content (AvgIpc) is 2.39. The van der Waals surface area contributed by atoms with E-state index in [0.717, 1.165) is 13.1 Å². The van der Waals surface area contributed by atoms with Gasteiger partial charge in [0.25, 0.3) is 0 Å². The van der Waals surface area contributed by atoms with E-state index in [2.05, 4.69) is 49.0 Å². The SMILES string of the molecule is CCC(CC)N(CC(C)C)c1cnccc1CNC. The molecule has 0 aliphatic heterocycles. The number of hydrogen-bond donors (Lipinski definition) is 1. The molecule has 1 rings (SSSR count). The molecule has 0 saturated carbocycles. The van der Waals surface area contributed by atoms with Gasteiger partial charge >= 0.3 is 0 Å². The van der Waals surface area contributed by atoms with Crippen LogP contribution in [0.5, 0.6) is 0 Å². The highest BCUT2D eigenvalue weighted by Gasteiger charge is 2.19. The Labute approximate surface area is 118 Å². The van der Waals surface area contributed by atoms with Gasteiger partial charge in [-0.3, -0.25) is 4.98 Å². The van der Waals surface area contributed by atoms with Gasteiger partial charge in [-0.2, -0.15) is 0 Å². The summed E-state index contributed by atoms with van der Waals surface area (Å²) in [5.41, 5.74) is 2.63. The zero-order chi connectivity index (χ0) is 14.3. The predicted molar refractivity (Wildman–Crippen MR) is 83.6 cm³/mol. The minimum Gasteiger partial charge on any atom is -0.367 e. The van der Waals surface area contributed by atoms with Crippen molar-refractivity contribution in [2.45, 2.75) is 53.1 Å². The molecule has 19 heavy (non-hydrogen) atoms. The Morgan fingerprint density at radius 1 is 1.26 bits per heavy atom. The van der Waals surface area contributed by atoms with Gasteiger partial charge in [0.15, 0.2) is 0 Å². The first kappa shape index (κ1) is 16.0. The highest BCUT2D eigenvalue weighted by Crippen LogP contribution is 2.25. The predicted octanol–water partition coefficient (Wildman–Crippen LogP) is 3.45. The average molecular weight is 263 g/mol. The second kappa shape index (κ2) is 8.16. The minimum atomic E-state index is 0.599. The zero-order valence-electron chi connectivity index (χ0n) is 13.1. The Morgan fingerprint density at radius 2 is 1.95 bits per heavy atom. The standard InChI is InChI=1S/C16H29N3/c1-6-15(7-2)19(12-13(3)4)16-11-18-9-8-14(16)10-17-5/h8-9,11,13,15,17H,6-7,10,12H2,1-5H3. The first-order valence-corrected chi connectivity index (χ1v) is 7.48. The third-order valence-corrected chi connectivity index (χ3v) is 3.51. The van der Waals surface area contributed by atoms with Crippen LogP contribution in [0.25, 0.3) is 0 Å². The molecule has 1 heterocycles. The largest absolute Gasteiger partial charge is 0.367 e. The van der Waals surface area contributed by atoms with Gasteiger partial charge in [-0.05, 0) is 37.4 Å². The lowest BCUT2D eigenvalue weighted by atomic mass is 10.0. The van der Waals surface area contributed by atoms with Crippen molar-refractivity contribution in [3.8, 4) is 0 Å². The highest BCUT2D eigenvalue weighted by molar-refractivity contribution is 5.52. The fraction of sp³-hybridized carbons (Fsp3) is 0.688. The minimum absolute atomic E-state index is 0.599. The Hall–Kier alpha value is -1.09. The zero-order valence-corrected chi connectivity index (χ0v) is 13.1. The lowest BCUT2D eigenvalue weighted by Gasteiger charge is -2.35. The monoisotopic (exact) mass is 263 g/mol. The summed E-state index contributed by atoms with van der Waals surface area (Å²) in [4.78, 5) is 6.88. The van der Waals surface area contributed by atoms with Gasteiger partial charge < -0.3 is 10.2 Å². The van der Waals surface area contributed by atoms with E-state index in [1.807, 2.05) is 19.4 Å². The molecule has 3 nitrogen and oxygen atoms in total. The van der Waals surface area contributed by atoms with Crippen LogP contribution in [0.2, 0.25) is 0 Å². The molecule has 0 spiro atoms. The topological polar surface area (TPSA) is 28.2 Å². The van der Waals surface area contributed by atoms with Gasteiger partial charge in [0.05, 0.1) is 11.9 Å². The quantitative estimate of drug-likeness (QED) is 0.778. The van der Waals surface area contributed by atoms with Crippen LogP contribution in [-0.4, -0.2) is 24.6 Å². The summed E-state index contributed by atoms with van der Waals surface area (Å²) in [6.07, 6.45) is 6.26. The number of nitrogens with zero attached hydrogens (tertiary/aromatic N) is 2. The van der Waals surface area contributed by atoms with E-state index in [0.29, 0.717) is 12.0 Å². The van der Waals surface area contributed by atoms with Gasteiger partial charge in [-0.15, -0.1) is 0 Å². The molecule has 0 unspecified atom stereocenters. The van der Waals surface area contributed by atoms with Crippen molar-refractivity contribution < 1.29 is 0 Å². The summed E-state index contributed by atoms with van der Waals surface area (Å²) >= 11 is 0. The van der Waals surface area contributed by atoms with Crippen molar-refractivity contribution in [3.63, 3.8) is 0 Å². The maximum atomic E-state index is 4.34.